The number of carbonyl (C=O) groups is 1. The average molecular weight is 286 g/mol. The molecule has 0 heterocycles. The quantitative estimate of drug-likeness (QED) is 0.577. The van der Waals surface area contributed by atoms with Gasteiger partial charge in [-0.2, -0.15) is 0 Å². The Hall–Kier alpha value is -1.57. The highest BCUT2D eigenvalue weighted by molar-refractivity contribution is 5.89. The molecule has 0 atom stereocenters. The number of hydrogen-bond acceptors (Lipinski definition) is 2. The molecule has 21 heavy (non-hydrogen) atoms. The van der Waals surface area contributed by atoms with Gasteiger partial charge in [0.1, 0.15) is 5.60 Å². The van der Waals surface area contributed by atoms with Crippen LogP contribution >= 0.6 is 0 Å². The summed E-state index contributed by atoms with van der Waals surface area (Å²) in [5.41, 5.74) is 0.433. The highest BCUT2D eigenvalue weighted by Crippen LogP contribution is 2.43. The van der Waals surface area contributed by atoms with Crippen LogP contribution in [0.3, 0.4) is 0 Å². The van der Waals surface area contributed by atoms with Gasteiger partial charge in [-0.1, -0.05) is 45.5 Å². The molecule has 1 aliphatic carbocycles. The van der Waals surface area contributed by atoms with Crippen molar-refractivity contribution in [2.75, 3.05) is 0 Å². The Morgan fingerprint density at radius 2 is 1.81 bits per heavy atom. The third-order valence-corrected chi connectivity index (χ3v) is 4.73. The zero-order valence-electron chi connectivity index (χ0n) is 13.4. The van der Waals surface area contributed by atoms with Gasteiger partial charge in [0.15, 0.2) is 0 Å². The lowest BCUT2D eigenvalue weighted by Crippen LogP contribution is -2.39. The molecule has 2 heteroatoms. The molecule has 1 saturated carbocycles. The van der Waals surface area contributed by atoms with Crippen molar-refractivity contribution in [1.82, 2.24) is 0 Å². The van der Waals surface area contributed by atoms with Crippen LogP contribution in [0.15, 0.2) is 43.0 Å². The van der Waals surface area contributed by atoms with E-state index in [0.717, 1.165) is 25.7 Å². The second-order valence-corrected chi connectivity index (χ2v) is 7.16. The van der Waals surface area contributed by atoms with E-state index >= 15 is 0 Å². The summed E-state index contributed by atoms with van der Waals surface area (Å²) in [6.45, 7) is 10.8. The molecule has 1 aliphatic rings. The van der Waals surface area contributed by atoms with Crippen molar-refractivity contribution >= 4 is 5.97 Å². The molecule has 1 fully saturated rings. The second kappa shape index (κ2) is 6.05. The maximum Gasteiger partial charge on any atom is 0.338 e. The summed E-state index contributed by atoms with van der Waals surface area (Å²) >= 11 is 0. The molecule has 0 aliphatic heterocycles. The SMILES string of the molecule is C=CC1(OC(=O)c2ccccc2)CCC(C(C)(C)C)CC1. The van der Waals surface area contributed by atoms with Crippen LogP contribution in [0.5, 0.6) is 0 Å². The smallest absolute Gasteiger partial charge is 0.338 e. The molecule has 1 aromatic carbocycles. The molecule has 2 nitrogen and oxygen atoms in total. The number of hydrogen-bond donors (Lipinski definition) is 0. The van der Waals surface area contributed by atoms with E-state index in [2.05, 4.69) is 27.4 Å². The van der Waals surface area contributed by atoms with Crippen LogP contribution in [0, 0.1) is 11.3 Å². The Labute approximate surface area is 128 Å². The van der Waals surface area contributed by atoms with Gasteiger partial charge in [0.25, 0.3) is 0 Å². The van der Waals surface area contributed by atoms with Gasteiger partial charge >= 0.3 is 5.97 Å². The molecule has 114 valence electrons. The van der Waals surface area contributed by atoms with Gasteiger partial charge in [0, 0.05) is 0 Å². The lowest BCUT2D eigenvalue weighted by Gasteiger charge is -2.42. The third kappa shape index (κ3) is 3.75. The molecule has 0 amide bonds. The van der Waals surface area contributed by atoms with E-state index in [-0.39, 0.29) is 5.97 Å². The first kappa shape index (κ1) is 15.8. The van der Waals surface area contributed by atoms with Crippen molar-refractivity contribution in [3.63, 3.8) is 0 Å². The van der Waals surface area contributed by atoms with E-state index in [1.807, 2.05) is 24.3 Å². The van der Waals surface area contributed by atoms with Crippen LogP contribution in [0.1, 0.15) is 56.8 Å². The highest BCUT2D eigenvalue weighted by atomic mass is 16.6. The highest BCUT2D eigenvalue weighted by Gasteiger charge is 2.39. The molecule has 0 unspecified atom stereocenters. The Morgan fingerprint density at radius 3 is 2.29 bits per heavy atom. The largest absolute Gasteiger partial charge is 0.451 e. The average Bonchev–Trinajstić information content (AvgIpc) is 2.47. The number of carbonyl (C=O) groups excluding carboxylic acids is 1. The zero-order valence-corrected chi connectivity index (χ0v) is 13.4. The summed E-state index contributed by atoms with van der Waals surface area (Å²) in [5, 5.41) is 0. The summed E-state index contributed by atoms with van der Waals surface area (Å²) in [6, 6.07) is 9.19. The first-order chi connectivity index (χ1) is 9.86. The van der Waals surface area contributed by atoms with Crippen molar-refractivity contribution in [1.29, 1.82) is 0 Å². The van der Waals surface area contributed by atoms with Crippen LogP contribution in [0.4, 0.5) is 0 Å². The summed E-state index contributed by atoms with van der Waals surface area (Å²) < 4.78 is 5.82. The predicted molar refractivity (Wildman–Crippen MR) is 86.2 cm³/mol. The molecular weight excluding hydrogens is 260 g/mol. The maximum absolute atomic E-state index is 12.3. The van der Waals surface area contributed by atoms with Crippen molar-refractivity contribution in [3.05, 3.63) is 48.6 Å². The monoisotopic (exact) mass is 286 g/mol. The molecule has 0 N–H and O–H groups in total. The van der Waals surface area contributed by atoms with Gasteiger partial charge in [-0.25, -0.2) is 4.79 Å². The second-order valence-electron chi connectivity index (χ2n) is 7.16. The molecule has 0 radical (unpaired) electrons. The standard InChI is InChI=1S/C19H26O2/c1-5-19(13-11-16(12-14-19)18(2,3)4)21-17(20)15-9-7-6-8-10-15/h5-10,16H,1,11-14H2,2-4H3. The van der Waals surface area contributed by atoms with Crippen molar-refractivity contribution in [3.8, 4) is 0 Å². The summed E-state index contributed by atoms with van der Waals surface area (Å²) in [4.78, 5) is 12.3. The van der Waals surface area contributed by atoms with Gasteiger partial charge in [-0.15, -0.1) is 0 Å². The number of esters is 1. The lowest BCUT2D eigenvalue weighted by atomic mass is 9.68. The molecular formula is C19H26O2. The fraction of sp³-hybridized carbons (Fsp3) is 0.526. The third-order valence-electron chi connectivity index (χ3n) is 4.73. The molecule has 0 spiro atoms. The minimum atomic E-state index is -0.491. The topological polar surface area (TPSA) is 26.3 Å². The van der Waals surface area contributed by atoms with Crippen LogP contribution in [0.25, 0.3) is 0 Å². The zero-order chi connectivity index (χ0) is 15.5. The van der Waals surface area contributed by atoms with Crippen molar-refractivity contribution < 1.29 is 9.53 Å². The molecule has 2 rings (SSSR count). The van der Waals surface area contributed by atoms with Crippen molar-refractivity contribution in [2.24, 2.45) is 11.3 Å². The van der Waals surface area contributed by atoms with E-state index in [4.69, 9.17) is 4.74 Å². The van der Waals surface area contributed by atoms with Crippen molar-refractivity contribution in [2.45, 2.75) is 52.1 Å². The van der Waals surface area contributed by atoms with E-state index in [0.29, 0.717) is 16.9 Å². The van der Waals surface area contributed by atoms with Crippen LogP contribution in [0.2, 0.25) is 0 Å². The minimum Gasteiger partial charge on any atom is -0.451 e. The maximum atomic E-state index is 12.3. The van der Waals surface area contributed by atoms with E-state index in [9.17, 15) is 4.79 Å². The van der Waals surface area contributed by atoms with Gasteiger partial charge in [-0.3, -0.25) is 0 Å². The number of benzene rings is 1. The fourth-order valence-electron chi connectivity index (χ4n) is 3.14. The van der Waals surface area contributed by atoms with E-state index in [1.54, 1.807) is 12.1 Å². The first-order valence-corrected chi connectivity index (χ1v) is 7.78. The number of ether oxygens (including phenoxy) is 1. The Kier molecular flexibility index (Phi) is 4.55. The van der Waals surface area contributed by atoms with E-state index in [1.165, 1.54) is 0 Å². The predicted octanol–water partition coefficient (Wildman–Crippen LogP) is 5.00. The van der Waals surface area contributed by atoms with Gasteiger partial charge in [-0.05, 0) is 55.2 Å². The van der Waals surface area contributed by atoms with Gasteiger partial charge < -0.3 is 4.74 Å². The van der Waals surface area contributed by atoms with Crippen LogP contribution in [-0.4, -0.2) is 11.6 Å². The number of rotatable bonds is 3. The normalized spacial score (nSPS) is 26.1. The molecule has 0 aromatic heterocycles. The molecule has 0 saturated heterocycles. The summed E-state index contributed by atoms with van der Waals surface area (Å²) in [7, 11) is 0. The Morgan fingerprint density at radius 1 is 1.24 bits per heavy atom. The molecule has 0 bridgehead atoms. The fourth-order valence-corrected chi connectivity index (χ4v) is 3.14. The van der Waals surface area contributed by atoms with E-state index < -0.39 is 5.60 Å². The summed E-state index contributed by atoms with van der Waals surface area (Å²) in [6.07, 6.45) is 5.73. The summed E-state index contributed by atoms with van der Waals surface area (Å²) in [5.74, 6) is 0.436. The Bertz CT molecular complexity index is 488. The van der Waals surface area contributed by atoms with Crippen LogP contribution in [-0.2, 0) is 4.74 Å². The van der Waals surface area contributed by atoms with Gasteiger partial charge in [0.2, 0.25) is 0 Å². The minimum absolute atomic E-state index is 0.246. The first-order valence-electron chi connectivity index (χ1n) is 7.78. The van der Waals surface area contributed by atoms with Gasteiger partial charge in [0.05, 0.1) is 5.56 Å². The lowest BCUT2D eigenvalue weighted by molar-refractivity contribution is -0.0265. The molecule has 1 aromatic rings. The Balaban J connectivity index is 2.04. The van der Waals surface area contributed by atoms with Crippen LogP contribution < -0.4 is 0 Å².